The lowest BCUT2D eigenvalue weighted by molar-refractivity contribution is 0.0107. The first-order valence-corrected chi connectivity index (χ1v) is 10.6. The number of nitriles is 1. The molecule has 1 aromatic rings. The van der Waals surface area contributed by atoms with Crippen molar-refractivity contribution < 1.29 is 14.3 Å². The Morgan fingerprint density at radius 1 is 1.23 bits per heavy atom. The second-order valence-corrected chi connectivity index (χ2v) is 9.00. The lowest BCUT2D eigenvalue weighted by Gasteiger charge is -2.33. The number of likely N-dealkylation sites (tertiary alicyclic amines) is 1. The highest BCUT2D eigenvalue weighted by molar-refractivity contribution is 5.69. The molecule has 0 saturated carbocycles. The fourth-order valence-electron chi connectivity index (χ4n) is 3.82. The van der Waals surface area contributed by atoms with Gasteiger partial charge in [0.15, 0.2) is 0 Å². The van der Waals surface area contributed by atoms with E-state index in [0.717, 1.165) is 39.0 Å². The summed E-state index contributed by atoms with van der Waals surface area (Å²) in [6.45, 7) is 11.7. The second-order valence-electron chi connectivity index (χ2n) is 9.00. The van der Waals surface area contributed by atoms with Crippen molar-refractivity contribution in [3.05, 3.63) is 11.9 Å². The highest BCUT2D eigenvalue weighted by atomic mass is 16.6. The van der Waals surface area contributed by atoms with Crippen LogP contribution >= 0.6 is 0 Å². The average molecular weight is 417 g/mol. The minimum Gasteiger partial charge on any atom is -0.472 e. The summed E-state index contributed by atoms with van der Waals surface area (Å²) in [6.07, 6.45) is 1.13. The highest BCUT2D eigenvalue weighted by Gasteiger charge is 2.36. The number of rotatable bonds is 4. The third kappa shape index (κ3) is 5.51. The Bertz CT molecular complexity index is 795. The topological polar surface area (TPSA) is 94.8 Å². The summed E-state index contributed by atoms with van der Waals surface area (Å²) in [4.78, 5) is 27.3. The van der Waals surface area contributed by atoms with Crippen LogP contribution in [0.2, 0.25) is 0 Å². The van der Waals surface area contributed by atoms with Crippen molar-refractivity contribution in [1.82, 2.24) is 19.8 Å². The Labute approximate surface area is 178 Å². The number of carbonyl (C=O) groups excluding carboxylic acids is 1. The van der Waals surface area contributed by atoms with Crippen molar-refractivity contribution in [2.45, 2.75) is 58.3 Å². The van der Waals surface area contributed by atoms with Crippen LogP contribution < -0.4 is 9.64 Å². The number of likely N-dealkylation sites (N-methyl/N-ethyl adjacent to an activating group) is 1. The van der Waals surface area contributed by atoms with Crippen molar-refractivity contribution in [3.8, 4) is 11.9 Å². The molecule has 164 valence electrons. The van der Waals surface area contributed by atoms with Crippen LogP contribution in [0.25, 0.3) is 0 Å². The number of piperazine rings is 1. The van der Waals surface area contributed by atoms with Gasteiger partial charge in [0, 0.05) is 38.8 Å². The van der Waals surface area contributed by atoms with Crippen LogP contribution in [-0.2, 0) is 4.74 Å². The van der Waals surface area contributed by atoms with Crippen LogP contribution in [0.1, 0.15) is 46.4 Å². The van der Waals surface area contributed by atoms with Crippen LogP contribution in [0.4, 0.5) is 10.6 Å². The molecule has 30 heavy (non-hydrogen) atoms. The number of nitrogens with zero attached hydrogens (tertiary/aromatic N) is 6. The molecule has 1 amide bonds. The average Bonchev–Trinajstić information content (AvgIpc) is 3.17. The molecule has 2 atom stereocenters. The monoisotopic (exact) mass is 416 g/mol. The number of carbonyl (C=O) groups is 1. The van der Waals surface area contributed by atoms with Gasteiger partial charge >= 0.3 is 6.09 Å². The van der Waals surface area contributed by atoms with Gasteiger partial charge < -0.3 is 24.2 Å². The van der Waals surface area contributed by atoms with E-state index in [2.05, 4.69) is 26.8 Å². The predicted octanol–water partition coefficient (Wildman–Crippen LogP) is 2.27. The van der Waals surface area contributed by atoms with Crippen molar-refractivity contribution >= 4 is 11.9 Å². The summed E-state index contributed by atoms with van der Waals surface area (Å²) in [7, 11) is 2.09. The van der Waals surface area contributed by atoms with Gasteiger partial charge in [-0.15, -0.1) is 0 Å². The third-order valence-electron chi connectivity index (χ3n) is 5.39. The summed E-state index contributed by atoms with van der Waals surface area (Å²) in [5, 5.41) is 9.37. The van der Waals surface area contributed by atoms with E-state index < -0.39 is 5.60 Å². The minimum atomic E-state index is -0.542. The summed E-state index contributed by atoms with van der Waals surface area (Å²) in [5.41, 5.74) is -0.542. The second kappa shape index (κ2) is 9.04. The normalized spacial score (nSPS) is 21.3. The first-order valence-electron chi connectivity index (χ1n) is 10.6. The molecule has 0 aromatic carbocycles. The van der Waals surface area contributed by atoms with Gasteiger partial charge in [0.2, 0.25) is 11.7 Å². The Hall–Kier alpha value is -2.60. The van der Waals surface area contributed by atoms with Gasteiger partial charge in [-0.3, -0.25) is 0 Å². The van der Waals surface area contributed by atoms with Gasteiger partial charge in [-0.05, 0) is 47.6 Å². The molecule has 0 aliphatic carbocycles. The van der Waals surface area contributed by atoms with Gasteiger partial charge in [0.1, 0.15) is 23.6 Å². The van der Waals surface area contributed by atoms with E-state index in [-0.39, 0.29) is 24.1 Å². The SMILES string of the molecule is C[C@H](Oc1cc(N2CCN(C)CC2)nc(C#N)n1)[C@@H]1CCCN1C(=O)OC(C)(C)C. The van der Waals surface area contributed by atoms with Gasteiger partial charge in [-0.25, -0.2) is 9.78 Å². The molecule has 1 aromatic heterocycles. The first-order chi connectivity index (χ1) is 14.2. The number of hydrogen-bond donors (Lipinski definition) is 0. The number of amides is 1. The van der Waals surface area contributed by atoms with E-state index in [1.54, 1.807) is 11.0 Å². The molecule has 0 radical (unpaired) electrons. The van der Waals surface area contributed by atoms with E-state index in [4.69, 9.17) is 9.47 Å². The Balaban J connectivity index is 1.72. The molecule has 3 rings (SSSR count). The van der Waals surface area contributed by atoms with Crippen molar-refractivity contribution in [2.24, 2.45) is 0 Å². The number of anilines is 1. The number of hydrogen-bond acceptors (Lipinski definition) is 8. The molecule has 9 heteroatoms. The van der Waals surface area contributed by atoms with Crippen molar-refractivity contribution in [1.29, 1.82) is 5.26 Å². The predicted molar refractivity (Wildman–Crippen MR) is 113 cm³/mol. The smallest absolute Gasteiger partial charge is 0.410 e. The van der Waals surface area contributed by atoms with Gasteiger partial charge in [0.05, 0.1) is 6.04 Å². The molecule has 2 saturated heterocycles. The zero-order valence-electron chi connectivity index (χ0n) is 18.6. The standard InChI is InChI=1S/C21H32N6O3/c1-15(16-7-6-8-27(16)20(28)30-21(2,3)4)29-19-13-18(23-17(14-22)24-19)26-11-9-25(5)10-12-26/h13,15-16H,6-12H2,1-5H3/t15-,16-/m0/s1. The van der Waals surface area contributed by atoms with Crippen LogP contribution in [0, 0.1) is 11.3 Å². The van der Waals surface area contributed by atoms with Gasteiger partial charge in [0.25, 0.3) is 0 Å². The maximum absolute atomic E-state index is 12.6. The number of aromatic nitrogens is 2. The van der Waals surface area contributed by atoms with E-state index in [1.807, 2.05) is 33.8 Å². The molecule has 0 unspecified atom stereocenters. The molecular formula is C21H32N6O3. The van der Waals surface area contributed by atoms with E-state index in [9.17, 15) is 10.1 Å². The van der Waals surface area contributed by atoms with E-state index in [0.29, 0.717) is 18.2 Å². The Morgan fingerprint density at radius 2 is 1.93 bits per heavy atom. The Kier molecular flexibility index (Phi) is 6.66. The van der Waals surface area contributed by atoms with Crippen LogP contribution in [-0.4, -0.2) is 83.4 Å². The molecule has 3 heterocycles. The highest BCUT2D eigenvalue weighted by Crippen LogP contribution is 2.26. The first kappa shape index (κ1) is 22.1. The lowest BCUT2D eigenvalue weighted by Crippen LogP contribution is -2.46. The summed E-state index contributed by atoms with van der Waals surface area (Å²) < 4.78 is 11.7. The molecule has 2 aliphatic heterocycles. The van der Waals surface area contributed by atoms with Crippen LogP contribution in [0.5, 0.6) is 5.88 Å². The molecule has 2 fully saturated rings. The fraction of sp³-hybridized carbons (Fsp3) is 0.714. The summed E-state index contributed by atoms with van der Waals surface area (Å²) in [6, 6.07) is 3.71. The van der Waals surface area contributed by atoms with Crippen molar-refractivity contribution in [2.75, 3.05) is 44.7 Å². The summed E-state index contributed by atoms with van der Waals surface area (Å²) in [5.74, 6) is 1.15. The minimum absolute atomic E-state index is 0.0871. The largest absolute Gasteiger partial charge is 0.472 e. The maximum atomic E-state index is 12.6. The number of ether oxygens (including phenoxy) is 2. The Morgan fingerprint density at radius 3 is 2.57 bits per heavy atom. The van der Waals surface area contributed by atoms with E-state index >= 15 is 0 Å². The quantitative estimate of drug-likeness (QED) is 0.738. The van der Waals surface area contributed by atoms with Crippen molar-refractivity contribution in [3.63, 3.8) is 0 Å². The third-order valence-corrected chi connectivity index (χ3v) is 5.39. The lowest BCUT2D eigenvalue weighted by atomic mass is 10.1. The molecule has 2 aliphatic rings. The van der Waals surface area contributed by atoms with E-state index in [1.165, 1.54) is 0 Å². The summed E-state index contributed by atoms with van der Waals surface area (Å²) >= 11 is 0. The maximum Gasteiger partial charge on any atom is 0.410 e. The molecule has 0 bridgehead atoms. The fourth-order valence-corrected chi connectivity index (χ4v) is 3.82. The zero-order chi connectivity index (χ0) is 21.9. The molecule has 9 nitrogen and oxygen atoms in total. The van der Waals surface area contributed by atoms with Gasteiger partial charge in [-0.1, -0.05) is 0 Å². The van der Waals surface area contributed by atoms with Crippen LogP contribution in [0.15, 0.2) is 6.07 Å². The molecule has 0 spiro atoms. The van der Waals surface area contributed by atoms with Gasteiger partial charge in [-0.2, -0.15) is 10.2 Å². The zero-order valence-corrected chi connectivity index (χ0v) is 18.6. The van der Waals surface area contributed by atoms with Crippen LogP contribution in [0.3, 0.4) is 0 Å². The molecule has 0 N–H and O–H groups in total. The molecular weight excluding hydrogens is 384 g/mol.